The van der Waals surface area contributed by atoms with E-state index in [1.165, 1.54) is 37.9 Å². The lowest BCUT2D eigenvalue weighted by Gasteiger charge is -2.39. The number of likely N-dealkylation sites (tertiary alicyclic amines) is 1. The van der Waals surface area contributed by atoms with Gasteiger partial charge < -0.3 is 10.1 Å². The molecule has 2 aliphatic rings. The summed E-state index contributed by atoms with van der Waals surface area (Å²) < 4.78 is 6.04. The van der Waals surface area contributed by atoms with Crippen LogP contribution in [0.4, 0.5) is 0 Å². The van der Waals surface area contributed by atoms with Crippen LogP contribution in [0.5, 0.6) is 5.75 Å². The molecule has 2 aliphatic heterocycles. The highest BCUT2D eigenvalue weighted by Gasteiger charge is 2.37. The van der Waals surface area contributed by atoms with Crippen molar-refractivity contribution in [3.8, 4) is 5.75 Å². The molecule has 3 atom stereocenters. The molecule has 3 unspecified atom stereocenters. The summed E-state index contributed by atoms with van der Waals surface area (Å²) in [6, 6.07) is 9.38. The Kier molecular flexibility index (Phi) is 4.81. The van der Waals surface area contributed by atoms with Crippen LogP contribution < -0.4 is 10.1 Å². The second-order valence-corrected chi connectivity index (χ2v) is 6.39. The van der Waals surface area contributed by atoms with Crippen molar-refractivity contribution < 1.29 is 4.74 Å². The first kappa shape index (κ1) is 14.9. The van der Waals surface area contributed by atoms with E-state index in [1.54, 1.807) is 0 Å². The summed E-state index contributed by atoms with van der Waals surface area (Å²) >= 11 is 0. The third kappa shape index (κ3) is 3.09. The largest absolute Gasteiger partial charge is 0.492 e. The number of para-hydroxylation sites is 1. The Labute approximate surface area is 128 Å². The number of hydrogen-bond donors (Lipinski definition) is 1. The maximum absolute atomic E-state index is 6.04. The van der Waals surface area contributed by atoms with E-state index in [0.29, 0.717) is 12.1 Å². The lowest BCUT2D eigenvalue weighted by Crippen LogP contribution is -2.49. The highest BCUT2D eigenvalue weighted by Crippen LogP contribution is 2.36. The first-order valence-corrected chi connectivity index (χ1v) is 8.52. The number of ether oxygens (including phenoxy) is 1. The molecule has 3 nitrogen and oxygen atoms in total. The summed E-state index contributed by atoms with van der Waals surface area (Å²) in [6.45, 7) is 8.77. The predicted molar refractivity (Wildman–Crippen MR) is 86.7 cm³/mol. The molecular formula is C18H28N2O. The first-order chi connectivity index (χ1) is 10.3. The summed E-state index contributed by atoms with van der Waals surface area (Å²) in [5, 5.41) is 3.69. The number of nitrogens with zero attached hydrogens (tertiary/aromatic N) is 1. The normalized spacial score (nSPS) is 29.1. The van der Waals surface area contributed by atoms with Crippen molar-refractivity contribution in [3.05, 3.63) is 29.8 Å². The quantitative estimate of drug-likeness (QED) is 0.900. The molecule has 0 radical (unpaired) electrons. The Morgan fingerprint density at radius 3 is 2.95 bits per heavy atom. The molecule has 116 valence electrons. The van der Waals surface area contributed by atoms with Crippen molar-refractivity contribution in [1.82, 2.24) is 10.2 Å². The number of hydrogen-bond acceptors (Lipinski definition) is 3. The molecule has 1 N–H and O–H groups in total. The lowest BCUT2D eigenvalue weighted by molar-refractivity contribution is 0.102. The number of fused-ring (bicyclic) bond motifs is 1. The molecule has 0 aliphatic carbocycles. The van der Waals surface area contributed by atoms with Gasteiger partial charge in [0.15, 0.2) is 0 Å². The van der Waals surface area contributed by atoms with Crippen molar-refractivity contribution in [3.63, 3.8) is 0 Å². The van der Waals surface area contributed by atoms with E-state index < -0.39 is 0 Å². The van der Waals surface area contributed by atoms with Gasteiger partial charge >= 0.3 is 0 Å². The molecule has 2 heterocycles. The van der Waals surface area contributed by atoms with Gasteiger partial charge in [-0.2, -0.15) is 0 Å². The molecule has 0 aromatic heterocycles. The van der Waals surface area contributed by atoms with Crippen LogP contribution in [0.15, 0.2) is 24.3 Å². The third-order valence-electron chi connectivity index (χ3n) is 4.96. The van der Waals surface area contributed by atoms with Crippen molar-refractivity contribution in [2.75, 3.05) is 26.2 Å². The maximum atomic E-state index is 6.04. The Balaban J connectivity index is 1.76. The fourth-order valence-corrected chi connectivity index (χ4v) is 3.94. The van der Waals surface area contributed by atoms with Gasteiger partial charge in [-0.05, 0) is 37.9 Å². The van der Waals surface area contributed by atoms with Crippen LogP contribution in [0.2, 0.25) is 0 Å². The zero-order valence-electron chi connectivity index (χ0n) is 13.3. The molecule has 0 amide bonds. The summed E-state index contributed by atoms with van der Waals surface area (Å²) in [7, 11) is 0. The molecule has 1 saturated heterocycles. The van der Waals surface area contributed by atoms with Gasteiger partial charge in [0.25, 0.3) is 0 Å². The predicted octanol–water partition coefficient (Wildman–Crippen LogP) is 3.22. The van der Waals surface area contributed by atoms with E-state index in [1.807, 2.05) is 0 Å². The number of benzene rings is 1. The molecule has 0 saturated carbocycles. The second kappa shape index (κ2) is 6.80. The van der Waals surface area contributed by atoms with E-state index in [9.17, 15) is 0 Å². The van der Waals surface area contributed by atoms with Crippen LogP contribution in [0.25, 0.3) is 0 Å². The van der Waals surface area contributed by atoms with Gasteiger partial charge in [0.05, 0.1) is 12.1 Å². The molecule has 0 spiro atoms. The molecule has 0 bridgehead atoms. The Hall–Kier alpha value is -1.06. The monoisotopic (exact) mass is 288 g/mol. The van der Waals surface area contributed by atoms with Crippen LogP contribution in [0, 0.1) is 5.92 Å². The van der Waals surface area contributed by atoms with E-state index in [-0.39, 0.29) is 0 Å². The second-order valence-electron chi connectivity index (χ2n) is 6.39. The number of likely N-dealkylation sites (N-methyl/N-ethyl adjacent to an activating group) is 1. The van der Waals surface area contributed by atoms with Crippen LogP contribution in [0.3, 0.4) is 0 Å². The van der Waals surface area contributed by atoms with Crippen LogP contribution in [-0.4, -0.2) is 37.2 Å². The average Bonchev–Trinajstić information content (AvgIpc) is 2.97. The minimum Gasteiger partial charge on any atom is -0.492 e. The van der Waals surface area contributed by atoms with Gasteiger partial charge in [-0.15, -0.1) is 0 Å². The van der Waals surface area contributed by atoms with Gasteiger partial charge in [-0.3, -0.25) is 4.90 Å². The zero-order chi connectivity index (χ0) is 14.7. The van der Waals surface area contributed by atoms with Gasteiger partial charge in [-0.25, -0.2) is 0 Å². The van der Waals surface area contributed by atoms with Crippen molar-refractivity contribution in [2.45, 2.75) is 45.2 Å². The summed E-state index contributed by atoms with van der Waals surface area (Å²) in [5.74, 6) is 1.94. The molecule has 21 heavy (non-hydrogen) atoms. The van der Waals surface area contributed by atoms with Gasteiger partial charge in [0, 0.05) is 12.1 Å². The third-order valence-corrected chi connectivity index (χ3v) is 4.96. The molecule has 1 aromatic carbocycles. The van der Waals surface area contributed by atoms with Gasteiger partial charge in [0.2, 0.25) is 0 Å². The number of rotatable bonds is 5. The smallest absolute Gasteiger partial charge is 0.124 e. The number of nitrogens with one attached hydrogen (secondary N) is 1. The first-order valence-electron chi connectivity index (χ1n) is 8.52. The molecule has 3 rings (SSSR count). The molecule has 1 fully saturated rings. The van der Waals surface area contributed by atoms with Crippen molar-refractivity contribution in [2.24, 2.45) is 5.92 Å². The SMILES string of the molecule is CCCC1CCN(C2COc3ccccc3C2NCC)C1. The van der Waals surface area contributed by atoms with Gasteiger partial charge in [-0.1, -0.05) is 38.5 Å². The Morgan fingerprint density at radius 1 is 1.29 bits per heavy atom. The van der Waals surface area contributed by atoms with Crippen LogP contribution in [-0.2, 0) is 0 Å². The van der Waals surface area contributed by atoms with E-state index in [0.717, 1.165) is 24.8 Å². The minimum atomic E-state index is 0.403. The highest BCUT2D eigenvalue weighted by molar-refractivity contribution is 5.38. The molecule has 1 aromatic rings. The van der Waals surface area contributed by atoms with Crippen molar-refractivity contribution in [1.29, 1.82) is 0 Å². The van der Waals surface area contributed by atoms with E-state index in [2.05, 4.69) is 48.3 Å². The van der Waals surface area contributed by atoms with Crippen LogP contribution in [0.1, 0.15) is 44.7 Å². The van der Waals surface area contributed by atoms with E-state index in [4.69, 9.17) is 4.74 Å². The summed E-state index contributed by atoms with van der Waals surface area (Å²) in [4.78, 5) is 2.66. The fourth-order valence-electron chi connectivity index (χ4n) is 3.94. The molecule has 3 heteroatoms. The Morgan fingerprint density at radius 2 is 2.14 bits per heavy atom. The maximum Gasteiger partial charge on any atom is 0.124 e. The summed E-state index contributed by atoms with van der Waals surface area (Å²) in [5.41, 5.74) is 1.33. The zero-order valence-corrected chi connectivity index (χ0v) is 13.3. The Bertz CT molecular complexity index is 462. The highest BCUT2D eigenvalue weighted by atomic mass is 16.5. The van der Waals surface area contributed by atoms with Crippen LogP contribution >= 0.6 is 0 Å². The summed E-state index contributed by atoms with van der Waals surface area (Å²) in [6.07, 6.45) is 4.02. The van der Waals surface area contributed by atoms with Crippen molar-refractivity contribution >= 4 is 0 Å². The average molecular weight is 288 g/mol. The van der Waals surface area contributed by atoms with E-state index >= 15 is 0 Å². The lowest BCUT2D eigenvalue weighted by atomic mass is 9.95. The topological polar surface area (TPSA) is 24.5 Å². The fraction of sp³-hybridized carbons (Fsp3) is 0.667. The molecular weight excluding hydrogens is 260 g/mol. The van der Waals surface area contributed by atoms with Gasteiger partial charge in [0.1, 0.15) is 12.4 Å². The minimum absolute atomic E-state index is 0.403. The standard InChI is InChI=1S/C18H28N2O/c1-3-7-14-10-11-20(12-14)16-13-21-17-9-6-5-8-15(17)18(16)19-4-2/h5-6,8-9,14,16,18-19H,3-4,7,10-13H2,1-2H3.